The summed E-state index contributed by atoms with van der Waals surface area (Å²) in [4.78, 5) is 8.64. The molecule has 0 aromatic carbocycles. The maximum absolute atomic E-state index is 5.54. The lowest BCUT2D eigenvalue weighted by Crippen LogP contribution is -2.12. The van der Waals surface area contributed by atoms with Crippen LogP contribution in [0.2, 0.25) is 0 Å². The minimum atomic E-state index is 0.286. The van der Waals surface area contributed by atoms with Gasteiger partial charge in [0.25, 0.3) is 0 Å². The average molecular weight is 274 g/mol. The Balaban J connectivity index is 2.05. The lowest BCUT2D eigenvalue weighted by atomic mass is 10.2. The smallest absolute Gasteiger partial charge is 0.213 e. The summed E-state index contributed by atoms with van der Waals surface area (Å²) in [7, 11) is 1.59. The van der Waals surface area contributed by atoms with E-state index < -0.39 is 0 Å². The van der Waals surface area contributed by atoms with Gasteiger partial charge in [-0.05, 0) is 23.8 Å². The third-order valence-corrected chi connectivity index (χ3v) is 2.69. The summed E-state index contributed by atoms with van der Waals surface area (Å²) >= 11 is 4.89. The van der Waals surface area contributed by atoms with E-state index in [1.54, 1.807) is 19.4 Å². The third kappa shape index (κ3) is 3.62. The summed E-state index contributed by atoms with van der Waals surface area (Å²) in [6.45, 7) is 0.618. The van der Waals surface area contributed by atoms with Crippen molar-refractivity contribution < 1.29 is 4.74 Å². The van der Waals surface area contributed by atoms with Crippen LogP contribution in [0.3, 0.4) is 0 Å². The summed E-state index contributed by atoms with van der Waals surface area (Å²) in [6.07, 6.45) is 1.70. The maximum atomic E-state index is 5.54. The first-order valence-corrected chi connectivity index (χ1v) is 6.09. The van der Waals surface area contributed by atoms with Gasteiger partial charge in [0.2, 0.25) is 5.88 Å². The maximum Gasteiger partial charge on any atom is 0.213 e. The topological polar surface area (TPSA) is 73.1 Å². The van der Waals surface area contributed by atoms with Gasteiger partial charge in [-0.25, -0.2) is 9.97 Å². The Morgan fingerprint density at radius 1 is 1.42 bits per heavy atom. The van der Waals surface area contributed by atoms with Crippen molar-refractivity contribution in [3.63, 3.8) is 0 Å². The number of methoxy groups -OCH3 is 1. The zero-order chi connectivity index (χ0) is 13.7. The monoisotopic (exact) mass is 274 g/mol. The van der Waals surface area contributed by atoms with Crippen molar-refractivity contribution in [2.75, 3.05) is 12.4 Å². The molecule has 5 nitrogen and oxygen atoms in total. The molecule has 2 rings (SSSR count). The number of hydrogen-bond donors (Lipinski definition) is 2. The Kier molecular flexibility index (Phi) is 4.25. The van der Waals surface area contributed by atoms with Gasteiger partial charge in [-0.2, -0.15) is 0 Å². The number of ether oxygens (including phenoxy) is 1. The molecule has 0 aliphatic carbocycles. The molecule has 0 spiro atoms. The Morgan fingerprint density at radius 3 is 3.00 bits per heavy atom. The number of nitrogens with two attached hydrogens (primary N) is 1. The Bertz CT molecular complexity index is 588. The molecule has 0 bridgehead atoms. The van der Waals surface area contributed by atoms with E-state index in [4.69, 9.17) is 22.7 Å². The Hall–Kier alpha value is -2.21. The van der Waals surface area contributed by atoms with Gasteiger partial charge in [-0.1, -0.05) is 18.3 Å². The second-order valence-electron chi connectivity index (χ2n) is 3.83. The number of rotatable bonds is 5. The highest BCUT2D eigenvalue weighted by Crippen LogP contribution is 2.11. The molecule has 0 atom stereocenters. The van der Waals surface area contributed by atoms with Crippen LogP contribution in [0.4, 0.5) is 5.82 Å². The molecule has 2 aromatic rings. The largest absolute Gasteiger partial charge is 0.481 e. The number of aromatic nitrogens is 2. The molecule has 6 heteroatoms. The van der Waals surface area contributed by atoms with Crippen LogP contribution in [0.15, 0.2) is 36.5 Å². The second-order valence-corrected chi connectivity index (χ2v) is 4.27. The standard InChI is InChI=1S/C13H14N4OS/c1-18-12-7-9(5-6-15-12)8-16-11-4-2-3-10(17-11)13(14)19/h2-7H,8H2,1H3,(H2,14,19)(H,16,17). The van der Waals surface area contributed by atoms with E-state index in [-0.39, 0.29) is 4.99 Å². The van der Waals surface area contributed by atoms with Gasteiger partial charge in [0.1, 0.15) is 10.8 Å². The number of anilines is 1. The minimum absolute atomic E-state index is 0.286. The second kappa shape index (κ2) is 6.10. The van der Waals surface area contributed by atoms with E-state index in [0.29, 0.717) is 18.1 Å². The van der Waals surface area contributed by atoms with Gasteiger partial charge < -0.3 is 15.8 Å². The predicted molar refractivity (Wildman–Crippen MR) is 78.2 cm³/mol. The van der Waals surface area contributed by atoms with Crippen molar-refractivity contribution in [3.05, 3.63) is 47.8 Å². The highest BCUT2D eigenvalue weighted by atomic mass is 32.1. The number of thiocarbonyl (C=S) groups is 1. The summed E-state index contributed by atoms with van der Waals surface area (Å²) < 4.78 is 5.07. The molecule has 0 radical (unpaired) electrons. The summed E-state index contributed by atoms with van der Waals surface area (Å²) in [6, 6.07) is 9.28. The van der Waals surface area contributed by atoms with Crippen molar-refractivity contribution in [2.45, 2.75) is 6.54 Å². The molecule has 0 aliphatic rings. The van der Waals surface area contributed by atoms with Crippen LogP contribution in [0.1, 0.15) is 11.3 Å². The van der Waals surface area contributed by atoms with E-state index in [2.05, 4.69) is 15.3 Å². The van der Waals surface area contributed by atoms with Crippen molar-refractivity contribution in [1.29, 1.82) is 0 Å². The first-order valence-electron chi connectivity index (χ1n) is 5.68. The van der Waals surface area contributed by atoms with Crippen molar-refractivity contribution in [2.24, 2.45) is 5.73 Å². The quantitative estimate of drug-likeness (QED) is 0.809. The molecule has 0 unspecified atom stereocenters. The van der Waals surface area contributed by atoms with Crippen LogP contribution in [-0.4, -0.2) is 22.1 Å². The van der Waals surface area contributed by atoms with Crippen LogP contribution in [0.25, 0.3) is 0 Å². The highest BCUT2D eigenvalue weighted by Gasteiger charge is 2.01. The van der Waals surface area contributed by atoms with Crippen LogP contribution < -0.4 is 15.8 Å². The predicted octanol–water partition coefficient (Wildman–Crippen LogP) is 1.73. The molecule has 0 amide bonds. The van der Waals surface area contributed by atoms with Crippen molar-refractivity contribution in [1.82, 2.24) is 9.97 Å². The molecule has 0 saturated heterocycles. The zero-order valence-electron chi connectivity index (χ0n) is 10.5. The zero-order valence-corrected chi connectivity index (χ0v) is 11.3. The Morgan fingerprint density at radius 2 is 2.26 bits per heavy atom. The highest BCUT2D eigenvalue weighted by molar-refractivity contribution is 7.80. The molecule has 2 heterocycles. The van der Waals surface area contributed by atoms with E-state index in [0.717, 1.165) is 11.4 Å². The van der Waals surface area contributed by atoms with E-state index >= 15 is 0 Å². The van der Waals surface area contributed by atoms with Gasteiger partial charge in [0.15, 0.2) is 0 Å². The SMILES string of the molecule is COc1cc(CNc2cccc(C(N)=S)n2)ccn1. The molecule has 19 heavy (non-hydrogen) atoms. The van der Waals surface area contributed by atoms with Gasteiger partial charge in [-0.3, -0.25) is 0 Å². The minimum Gasteiger partial charge on any atom is -0.481 e. The third-order valence-electron chi connectivity index (χ3n) is 2.48. The first kappa shape index (κ1) is 13.2. The van der Waals surface area contributed by atoms with Gasteiger partial charge in [-0.15, -0.1) is 0 Å². The van der Waals surface area contributed by atoms with Crippen LogP contribution in [0, 0.1) is 0 Å². The number of hydrogen-bond acceptors (Lipinski definition) is 5. The van der Waals surface area contributed by atoms with Gasteiger partial charge >= 0.3 is 0 Å². The fourth-order valence-electron chi connectivity index (χ4n) is 1.54. The summed E-state index contributed by atoms with van der Waals surface area (Å²) in [5.41, 5.74) is 7.20. The fraction of sp³-hybridized carbons (Fsp3) is 0.154. The lowest BCUT2D eigenvalue weighted by molar-refractivity contribution is 0.397. The number of pyridine rings is 2. The Labute approximate surface area is 116 Å². The average Bonchev–Trinajstić information content (AvgIpc) is 2.45. The van der Waals surface area contributed by atoms with E-state index in [9.17, 15) is 0 Å². The van der Waals surface area contributed by atoms with E-state index in [1.165, 1.54) is 0 Å². The van der Waals surface area contributed by atoms with Crippen LogP contribution in [0.5, 0.6) is 5.88 Å². The molecule has 98 valence electrons. The molecule has 2 aromatic heterocycles. The fourth-order valence-corrected chi connectivity index (χ4v) is 1.65. The van der Waals surface area contributed by atoms with Crippen molar-refractivity contribution >= 4 is 23.0 Å². The molecule has 0 saturated carbocycles. The lowest BCUT2D eigenvalue weighted by Gasteiger charge is -2.07. The molecular weight excluding hydrogens is 260 g/mol. The van der Waals surface area contributed by atoms with Crippen LogP contribution >= 0.6 is 12.2 Å². The molecular formula is C13H14N4OS. The summed E-state index contributed by atoms with van der Waals surface area (Å²) in [5, 5.41) is 3.20. The molecule has 0 aliphatic heterocycles. The van der Waals surface area contributed by atoms with Crippen molar-refractivity contribution in [3.8, 4) is 5.88 Å². The van der Waals surface area contributed by atoms with Crippen LogP contribution in [-0.2, 0) is 6.54 Å². The normalized spacial score (nSPS) is 9.95. The van der Waals surface area contributed by atoms with E-state index in [1.807, 2.05) is 24.3 Å². The molecule has 3 N–H and O–H groups in total. The van der Waals surface area contributed by atoms with Gasteiger partial charge in [0, 0.05) is 18.8 Å². The number of nitrogens with one attached hydrogen (secondary N) is 1. The molecule has 0 fully saturated rings. The number of nitrogens with zero attached hydrogens (tertiary/aromatic N) is 2. The van der Waals surface area contributed by atoms with Gasteiger partial charge in [0.05, 0.1) is 12.8 Å². The summed E-state index contributed by atoms with van der Waals surface area (Å²) in [5.74, 6) is 1.31. The first-order chi connectivity index (χ1) is 9.19.